The normalized spacial score (nSPS) is 18.2. The zero-order chi connectivity index (χ0) is 20.6. The van der Waals surface area contributed by atoms with Crippen LogP contribution >= 0.6 is 0 Å². The fraction of sp³-hybridized carbons (Fsp3) is 0.579. The van der Waals surface area contributed by atoms with Crippen molar-refractivity contribution in [2.75, 3.05) is 40.3 Å². The molecule has 6 nitrogen and oxygen atoms in total. The molecule has 1 atom stereocenters. The fourth-order valence-electron chi connectivity index (χ4n) is 3.24. The van der Waals surface area contributed by atoms with E-state index in [4.69, 9.17) is 0 Å². The van der Waals surface area contributed by atoms with Crippen molar-refractivity contribution < 1.29 is 18.0 Å². The molecule has 0 radical (unpaired) electrons. The minimum absolute atomic E-state index is 0.245. The summed E-state index contributed by atoms with van der Waals surface area (Å²) in [5.41, 5.74) is 1.26. The summed E-state index contributed by atoms with van der Waals surface area (Å²) in [5.74, 6) is -0.243. The van der Waals surface area contributed by atoms with Crippen molar-refractivity contribution >= 4 is 11.9 Å². The number of guanidine groups is 1. The molecule has 0 bridgehead atoms. The predicted octanol–water partition coefficient (Wildman–Crippen LogP) is 1.84. The first-order valence-electron chi connectivity index (χ1n) is 9.31. The Kier molecular flexibility index (Phi) is 8.10. The van der Waals surface area contributed by atoms with Gasteiger partial charge in [0.05, 0.1) is 6.54 Å². The molecule has 0 aliphatic carbocycles. The number of rotatable bonds is 7. The highest BCUT2D eigenvalue weighted by Crippen LogP contribution is 2.19. The number of carbonyl (C=O) groups excluding carboxylic acids is 1. The summed E-state index contributed by atoms with van der Waals surface area (Å²) in [7, 11) is 2.70. The molecule has 0 aromatic heterocycles. The lowest BCUT2D eigenvalue weighted by Gasteiger charge is -2.26. The van der Waals surface area contributed by atoms with Crippen molar-refractivity contribution in [3.8, 4) is 0 Å². The number of aliphatic imine (C=N–C) groups is 1. The second-order valence-electron chi connectivity index (χ2n) is 6.92. The minimum Gasteiger partial charge on any atom is -0.355 e. The minimum atomic E-state index is -4.41. The largest absolute Gasteiger partial charge is 0.406 e. The Hall–Kier alpha value is -2.29. The number of hydrogen-bond donors (Lipinski definition) is 2. The molecule has 2 N–H and O–H groups in total. The first kappa shape index (κ1) is 22.0. The van der Waals surface area contributed by atoms with Crippen molar-refractivity contribution in [2.24, 2.45) is 4.99 Å². The van der Waals surface area contributed by atoms with E-state index in [1.165, 1.54) is 5.56 Å². The maximum Gasteiger partial charge on any atom is 0.406 e. The Bertz CT molecular complexity index is 651. The van der Waals surface area contributed by atoms with Crippen LogP contribution in [0, 0.1) is 0 Å². The molecule has 1 saturated heterocycles. The highest BCUT2D eigenvalue weighted by atomic mass is 19.4. The monoisotopic (exact) mass is 399 g/mol. The highest BCUT2D eigenvalue weighted by molar-refractivity contribution is 5.86. The van der Waals surface area contributed by atoms with E-state index in [0.717, 1.165) is 33.0 Å². The molecule has 1 heterocycles. The SMILES string of the molecule is CN=C(NCC(=O)N(C)CC(F)(F)F)NCC1CCCN1Cc1ccccc1. The van der Waals surface area contributed by atoms with Gasteiger partial charge in [0.25, 0.3) is 0 Å². The summed E-state index contributed by atoms with van der Waals surface area (Å²) in [6.07, 6.45) is -2.23. The summed E-state index contributed by atoms with van der Waals surface area (Å²) in [5, 5.41) is 5.96. The standard InChI is InChI=1S/C19H28F3N5O/c1-23-18(25-12-17(28)26(2)14-19(20,21)22)24-11-16-9-6-10-27(16)13-15-7-4-3-5-8-15/h3-5,7-8,16H,6,9-14H2,1-2H3,(H2,23,24,25). The number of nitrogens with one attached hydrogen (secondary N) is 2. The van der Waals surface area contributed by atoms with E-state index < -0.39 is 18.6 Å². The van der Waals surface area contributed by atoms with E-state index in [-0.39, 0.29) is 6.54 Å². The topological polar surface area (TPSA) is 60.0 Å². The zero-order valence-electron chi connectivity index (χ0n) is 16.3. The van der Waals surface area contributed by atoms with Gasteiger partial charge in [0.2, 0.25) is 5.91 Å². The third kappa shape index (κ3) is 7.38. The number of halogens is 3. The average Bonchev–Trinajstić information content (AvgIpc) is 3.08. The molecule has 0 saturated carbocycles. The van der Waals surface area contributed by atoms with Gasteiger partial charge in [-0.15, -0.1) is 0 Å². The molecule has 1 aliphatic heterocycles. The second-order valence-corrected chi connectivity index (χ2v) is 6.92. The number of alkyl halides is 3. The van der Waals surface area contributed by atoms with Crippen LogP contribution in [0.4, 0.5) is 13.2 Å². The van der Waals surface area contributed by atoms with Crippen LogP contribution in [0.15, 0.2) is 35.3 Å². The van der Waals surface area contributed by atoms with Gasteiger partial charge in [-0.1, -0.05) is 30.3 Å². The van der Waals surface area contributed by atoms with E-state index in [1.807, 2.05) is 18.2 Å². The van der Waals surface area contributed by atoms with E-state index in [9.17, 15) is 18.0 Å². The fourth-order valence-corrected chi connectivity index (χ4v) is 3.24. The van der Waals surface area contributed by atoms with Crippen molar-refractivity contribution in [3.63, 3.8) is 0 Å². The Morgan fingerprint density at radius 2 is 2.00 bits per heavy atom. The number of carbonyl (C=O) groups is 1. The number of likely N-dealkylation sites (tertiary alicyclic amines) is 1. The van der Waals surface area contributed by atoms with Gasteiger partial charge in [-0.05, 0) is 24.9 Å². The van der Waals surface area contributed by atoms with E-state index in [2.05, 4.69) is 32.7 Å². The van der Waals surface area contributed by atoms with Gasteiger partial charge in [-0.2, -0.15) is 13.2 Å². The molecule has 156 valence electrons. The Labute approximate surface area is 163 Å². The Balaban J connectivity index is 1.77. The Morgan fingerprint density at radius 3 is 2.64 bits per heavy atom. The summed E-state index contributed by atoms with van der Waals surface area (Å²) < 4.78 is 37.1. The molecule has 9 heteroatoms. The van der Waals surface area contributed by atoms with Crippen LogP contribution in [-0.2, 0) is 11.3 Å². The zero-order valence-corrected chi connectivity index (χ0v) is 16.3. The lowest BCUT2D eigenvalue weighted by molar-refractivity contribution is -0.157. The number of hydrogen-bond acceptors (Lipinski definition) is 3. The average molecular weight is 399 g/mol. The van der Waals surface area contributed by atoms with Crippen molar-refractivity contribution in [1.82, 2.24) is 20.4 Å². The first-order chi connectivity index (χ1) is 13.3. The van der Waals surface area contributed by atoms with Crippen LogP contribution in [0.5, 0.6) is 0 Å². The second kappa shape index (κ2) is 10.3. The van der Waals surface area contributed by atoms with Crippen molar-refractivity contribution in [1.29, 1.82) is 0 Å². The molecule has 1 aliphatic rings. The van der Waals surface area contributed by atoms with Crippen LogP contribution in [-0.4, -0.2) is 74.2 Å². The third-order valence-electron chi connectivity index (χ3n) is 4.71. The third-order valence-corrected chi connectivity index (χ3v) is 4.71. The van der Waals surface area contributed by atoms with Gasteiger partial charge < -0.3 is 15.5 Å². The molecule has 1 fully saturated rings. The smallest absolute Gasteiger partial charge is 0.355 e. The van der Waals surface area contributed by atoms with Crippen LogP contribution in [0.2, 0.25) is 0 Å². The summed E-state index contributed by atoms with van der Waals surface area (Å²) in [4.78, 5) is 18.9. The van der Waals surface area contributed by atoms with Gasteiger partial charge in [-0.25, -0.2) is 0 Å². The number of amides is 1. The van der Waals surface area contributed by atoms with Crippen molar-refractivity contribution in [2.45, 2.75) is 31.6 Å². The Morgan fingerprint density at radius 1 is 1.29 bits per heavy atom. The van der Waals surface area contributed by atoms with Crippen LogP contribution in [0.3, 0.4) is 0 Å². The molecule has 1 unspecified atom stereocenters. The van der Waals surface area contributed by atoms with Crippen molar-refractivity contribution in [3.05, 3.63) is 35.9 Å². The molecular formula is C19H28F3N5O. The quantitative estimate of drug-likeness (QED) is 0.543. The van der Waals surface area contributed by atoms with E-state index >= 15 is 0 Å². The van der Waals surface area contributed by atoms with E-state index in [1.54, 1.807) is 7.05 Å². The summed E-state index contributed by atoms with van der Waals surface area (Å²) in [6.45, 7) is 1.04. The van der Waals surface area contributed by atoms with Gasteiger partial charge in [0.1, 0.15) is 6.54 Å². The molecule has 0 spiro atoms. The lowest BCUT2D eigenvalue weighted by Crippen LogP contribution is -2.48. The van der Waals surface area contributed by atoms with Gasteiger partial charge >= 0.3 is 6.18 Å². The first-order valence-corrected chi connectivity index (χ1v) is 9.31. The molecule has 28 heavy (non-hydrogen) atoms. The molecule has 1 aromatic rings. The molecular weight excluding hydrogens is 371 g/mol. The van der Waals surface area contributed by atoms with E-state index in [0.29, 0.717) is 23.4 Å². The summed E-state index contributed by atoms with van der Waals surface area (Å²) >= 11 is 0. The van der Waals surface area contributed by atoms with Gasteiger partial charge in [0, 0.05) is 33.2 Å². The number of benzene rings is 1. The maximum atomic E-state index is 12.4. The lowest BCUT2D eigenvalue weighted by atomic mass is 10.2. The summed E-state index contributed by atoms with van der Waals surface area (Å²) in [6, 6.07) is 10.6. The molecule has 1 aromatic carbocycles. The number of nitrogens with zero attached hydrogens (tertiary/aromatic N) is 3. The molecule has 1 amide bonds. The van der Waals surface area contributed by atoms with Gasteiger partial charge in [0.15, 0.2) is 5.96 Å². The maximum absolute atomic E-state index is 12.4. The molecule has 2 rings (SSSR count). The van der Waals surface area contributed by atoms with Crippen LogP contribution in [0.25, 0.3) is 0 Å². The predicted molar refractivity (Wildman–Crippen MR) is 103 cm³/mol. The highest BCUT2D eigenvalue weighted by Gasteiger charge is 2.31. The van der Waals surface area contributed by atoms with Gasteiger partial charge in [-0.3, -0.25) is 14.7 Å². The number of likely N-dealkylation sites (N-methyl/N-ethyl adjacent to an activating group) is 1. The van der Waals surface area contributed by atoms with Crippen LogP contribution < -0.4 is 10.6 Å². The van der Waals surface area contributed by atoms with Crippen LogP contribution in [0.1, 0.15) is 18.4 Å².